The van der Waals surface area contributed by atoms with Gasteiger partial charge in [-0.2, -0.15) is 10.0 Å². The van der Waals surface area contributed by atoms with Crippen molar-refractivity contribution in [3.05, 3.63) is 58.4 Å². The van der Waals surface area contributed by atoms with Crippen LogP contribution in [0.25, 0.3) is 11.8 Å². The Bertz CT molecular complexity index is 1220. The predicted octanol–water partition coefficient (Wildman–Crippen LogP) is 3.31. The van der Waals surface area contributed by atoms with Crippen LogP contribution in [0.4, 0.5) is 0 Å². The van der Waals surface area contributed by atoms with E-state index in [1.165, 1.54) is 22.3 Å². The summed E-state index contributed by atoms with van der Waals surface area (Å²) in [7, 11) is 0. The fourth-order valence-electron chi connectivity index (χ4n) is 4.14. The van der Waals surface area contributed by atoms with Gasteiger partial charge in [0, 0.05) is 30.2 Å². The van der Waals surface area contributed by atoms with Crippen LogP contribution >= 0.6 is 11.8 Å². The Balaban J connectivity index is 1.49. The number of thioether (sulfide) groups is 1. The number of para-hydroxylation sites is 1. The van der Waals surface area contributed by atoms with Gasteiger partial charge in [0.1, 0.15) is 0 Å². The number of fused-ring (bicyclic) bond motifs is 1. The summed E-state index contributed by atoms with van der Waals surface area (Å²) in [6.07, 6.45) is 1.76. The summed E-state index contributed by atoms with van der Waals surface area (Å²) in [5.74, 6) is -0.357. The van der Waals surface area contributed by atoms with E-state index >= 15 is 0 Å². The third-order valence-electron chi connectivity index (χ3n) is 5.85. The van der Waals surface area contributed by atoms with Crippen LogP contribution in [0.15, 0.2) is 46.0 Å². The van der Waals surface area contributed by atoms with E-state index in [1.54, 1.807) is 6.08 Å². The quantitative estimate of drug-likeness (QED) is 0.713. The molecule has 3 aliphatic rings. The molecule has 32 heavy (non-hydrogen) atoms. The minimum Gasteiger partial charge on any atom is -0.378 e. The average molecular weight is 449 g/mol. The van der Waals surface area contributed by atoms with Gasteiger partial charge in [-0.3, -0.25) is 10.2 Å². The Morgan fingerprint density at radius 1 is 1.12 bits per heavy atom. The van der Waals surface area contributed by atoms with Crippen LogP contribution in [0.3, 0.4) is 0 Å². The third-order valence-corrected chi connectivity index (χ3v) is 6.82. The minimum atomic E-state index is -0.409. The van der Waals surface area contributed by atoms with E-state index in [0.29, 0.717) is 18.4 Å². The van der Waals surface area contributed by atoms with Crippen LogP contribution < -0.4 is 0 Å². The molecule has 0 radical (unpaired) electrons. The number of hydrogen-bond acceptors (Lipinski definition) is 6. The number of rotatable bonds is 2. The lowest BCUT2D eigenvalue weighted by Gasteiger charge is -2.26. The molecule has 0 saturated carbocycles. The first-order valence-corrected chi connectivity index (χ1v) is 11.3. The standard InChI is InChI=1S/C23H24N6O2S/c1-14-6-4-5-7-19(14)28-15(2)12-17(16(28)3)13-18-20(24)29-22(25-21(18)30)32-23(26-29)27-8-10-31-11-9-27/h4-7,12-13,24H,8-11H2,1-3H3/b18-13+,24-20?. The first-order chi connectivity index (χ1) is 15.4. The molecule has 0 unspecified atom stereocenters. The van der Waals surface area contributed by atoms with Gasteiger partial charge in [-0.05, 0) is 61.9 Å². The van der Waals surface area contributed by atoms with Crippen molar-refractivity contribution in [2.75, 3.05) is 26.3 Å². The number of aromatic nitrogens is 1. The van der Waals surface area contributed by atoms with Crippen LogP contribution in [-0.4, -0.2) is 62.9 Å². The molecule has 1 aromatic heterocycles. The van der Waals surface area contributed by atoms with Gasteiger partial charge in [0.05, 0.1) is 18.8 Å². The zero-order valence-electron chi connectivity index (χ0n) is 18.3. The Morgan fingerprint density at radius 3 is 2.62 bits per heavy atom. The Kier molecular flexibility index (Phi) is 5.22. The number of aliphatic imine (C=N–C) groups is 1. The second-order valence-electron chi connectivity index (χ2n) is 7.95. The van der Waals surface area contributed by atoms with Gasteiger partial charge in [0.2, 0.25) is 5.17 Å². The number of amides is 1. The second kappa shape index (κ2) is 8.07. The highest BCUT2D eigenvalue weighted by molar-refractivity contribution is 8.26. The summed E-state index contributed by atoms with van der Waals surface area (Å²) >= 11 is 1.33. The Hall–Kier alpha value is -3.17. The molecule has 1 amide bonds. The predicted molar refractivity (Wildman–Crippen MR) is 127 cm³/mol. The first-order valence-electron chi connectivity index (χ1n) is 10.5. The highest BCUT2D eigenvalue weighted by Crippen LogP contribution is 2.31. The number of aryl methyl sites for hydroxylation is 2. The fourth-order valence-corrected chi connectivity index (χ4v) is 5.08. The normalized spacial score (nSPS) is 20.0. The van der Waals surface area contributed by atoms with Crippen molar-refractivity contribution in [1.29, 1.82) is 5.41 Å². The lowest BCUT2D eigenvalue weighted by Crippen LogP contribution is -2.39. The maximum atomic E-state index is 12.8. The van der Waals surface area contributed by atoms with E-state index in [9.17, 15) is 4.79 Å². The SMILES string of the molecule is Cc1ccccc1-n1c(C)cc(/C=C2\C(=N)N3N=C(N4CCOCC4)SC3=NC2=O)c1C. The van der Waals surface area contributed by atoms with E-state index in [4.69, 9.17) is 10.1 Å². The number of amidine groups is 3. The molecule has 0 bridgehead atoms. The van der Waals surface area contributed by atoms with Crippen LogP contribution in [0.2, 0.25) is 0 Å². The van der Waals surface area contributed by atoms with Gasteiger partial charge < -0.3 is 14.2 Å². The van der Waals surface area contributed by atoms with Gasteiger partial charge in [0.15, 0.2) is 11.0 Å². The number of carbonyl (C=O) groups is 1. The molecule has 1 N–H and O–H groups in total. The summed E-state index contributed by atoms with van der Waals surface area (Å²) in [5, 5.41) is 15.9. The van der Waals surface area contributed by atoms with Gasteiger partial charge in [-0.15, -0.1) is 5.10 Å². The summed E-state index contributed by atoms with van der Waals surface area (Å²) < 4.78 is 7.58. The molecule has 1 saturated heterocycles. The highest BCUT2D eigenvalue weighted by Gasteiger charge is 2.37. The number of nitrogens with one attached hydrogen (secondary N) is 1. The van der Waals surface area contributed by atoms with Crippen molar-refractivity contribution in [2.24, 2.45) is 10.1 Å². The molecule has 0 spiro atoms. The number of ether oxygens (including phenoxy) is 1. The lowest BCUT2D eigenvalue weighted by atomic mass is 10.1. The summed E-state index contributed by atoms with van der Waals surface area (Å²) in [5.41, 5.74) is 5.48. The third kappa shape index (κ3) is 3.47. The largest absolute Gasteiger partial charge is 0.378 e. The van der Waals surface area contributed by atoms with Gasteiger partial charge in [0.25, 0.3) is 5.91 Å². The first kappa shape index (κ1) is 20.7. The van der Waals surface area contributed by atoms with E-state index in [1.807, 2.05) is 32.0 Å². The second-order valence-corrected chi connectivity index (χ2v) is 8.88. The molecular weight excluding hydrogens is 424 g/mol. The van der Waals surface area contributed by atoms with Crippen molar-refractivity contribution >= 4 is 39.9 Å². The zero-order valence-corrected chi connectivity index (χ0v) is 19.1. The van der Waals surface area contributed by atoms with Crippen LogP contribution in [-0.2, 0) is 9.53 Å². The van der Waals surface area contributed by atoms with Gasteiger partial charge in [-0.25, -0.2) is 0 Å². The van der Waals surface area contributed by atoms with E-state index < -0.39 is 5.91 Å². The minimum absolute atomic E-state index is 0.0523. The smallest absolute Gasteiger partial charge is 0.283 e. The average Bonchev–Trinajstić information content (AvgIpc) is 3.33. The van der Waals surface area contributed by atoms with Crippen LogP contribution in [0.5, 0.6) is 0 Å². The number of hydrogen-bond donors (Lipinski definition) is 1. The molecule has 164 valence electrons. The molecule has 0 atom stereocenters. The number of carbonyl (C=O) groups excluding carboxylic acids is 1. The lowest BCUT2D eigenvalue weighted by molar-refractivity contribution is -0.114. The molecule has 8 nitrogen and oxygen atoms in total. The highest BCUT2D eigenvalue weighted by atomic mass is 32.2. The zero-order chi connectivity index (χ0) is 22.4. The van der Waals surface area contributed by atoms with Crippen molar-refractivity contribution in [2.45, 2.75) is 20.8 Å². The Morgan fingerprint density at radius 2 is 1.88 bits per heavy atom. The van der Waals surface area contributed by atoms with E-state index in [2.05, 4.69) is 38.6 Å². The number of morpholine rings is 1. The summed E-state index contributed by atoms with van der Waals surface area (Å²) in [6.45, 7) is 8.91. The number of hydrazone groups is 1. The van der Waals surface area contributed by atoms with Gasteiger partial charge >= 0.3 is 0 Å². The Labute approximate surface area is 190 Å². The molecule has 9 heteroatoms. The van der Waals surface area contributed by atoms with E-state index in [-0.39, 0.29) is 11.4 Å². The maximum Gasteiger partial charge on any atom is 0.283 e. The van der Waals surface area contributed by atoms with Gasteiger partial charge in [-0.1, -0.05) is 18.2 Å². The summed E-state index contributed by atoms with van der Waals surface area (Å²) in [6, 6.07) is 10.2. The molecule has 2 aromatic rings. The topological polar surface area (TPSA) is 86.3 Å². The molecule has 0 aliphatic carbocycles. The summed E-state index contributed by atoms with van der Waals surface area (Å²) in [4.78, 5) is 19.2. The number of nitrogens with zero attached hydrogens (tertiary/aromatic N) is 5. The molecular formula is C23H24N6O2S. The number of benzene rings is 1. The van der Waals surface area contributed by atoms with Crippen molar-refractivity contribution in [3.8, 4) is 5.69 Å². The fraction of sp³-hybridized carbons (Fsp3) is 0.304. The maximum absolute atomic E-state index is 12.8. The van der Waals surface area contributed by atoms with E-state index in [0.717, 1.165) is 40.9 Å². The van der Waals surface area contributed by atoms with Crippen molar-refractivity contribution < 1.29 is 9.53 Å². The molecule has 5 rings (SSSR count). The molecule has 4 heterocycles. The monoisotopic (exact) mass is 448 g/mol. The molecule has 1 fully saturated rings. The van der Waals surface area contributed by atoms with Crippen molar-refractivity contribution in [1.82, 2.24) is 14.5 Å². The van der Waals surface area contributed by atoms with Crippen LogP contribution in [0.1, 0.15) is 22.5 Å². The van der Waals surface area contributed by atoms with Crippen molar-refractivity contribution in [3.63, 3.8) is 0 Å². The van der Waals surface area contributed by atoms with Crippen LogP contribution in [0, 0.1) is 26.2 Å². The molecule has 1 aromatic carbocycles. The molecule has 3 aliphatic heterocycles.